The minimum atomic E-state index is -0.435. The highest BCUT2D eigenvalue weighted by molar-refractivity contribution is 6.33. The monoisotopic (exact) mass is 363 g/mol. The topological polar surface area (TPSA) is 81.4 Å². The van der Waals surface area contributed by atoms with Gasteiger partial charge in [0.1, 0.15) is 11.5 Å². The molecule has 0 aliphatic carbocycles. The van der Waals surface area contributed by atoms with Gasteiger partial charge < -0.3 is 10.2 Å². The van der Waals surface area contributed by atoms with E-state index in [1.165, 1.54) is 0 Å². The number of nitrogens with zero attached hydrogens (tertiary/aromatic N) is 3. The average Bonchev–Trinajstić information content (AvgIpc) is 3.26. The molecule has 7 heteroatoms. The third-order valence-electron chi connectivity index (χ3n) is 4.36. The molecule has 1 aliphatic heterocycles. The van der Waals surface area contributed by atoms with Gasteiger partial charge in [-0.2, -0.15) is 0 Å². The first-order valence-electron chi connectivity index (χ1n) is 8.12. The predicted octanol–water partition coefficient (Wildman–Crippen LogP) is 4.24. The highest BCUT2D eigenvalue weighted by atomic mass is 35.5. The van der Waals surface area contributed by atoms with E-state index >= 15 is 0 Å². The number of hydrogen-bond acceptors (Lipinski definition) is 5. The summed E-state index contributed by atoms with van der Waals surface area (Å²) in [6.07, 6.45) is -0.435. The number of nitrogens with one attached hydrogen (secondary N) is 1. The largest absolute Gasteiger partial charge is 0.457 e. The smallest absolute Gasteiger partial charge is 0.212 e. The van der Waals surface area contributed by atoms with Crippen molar-refractivity contribution in [3.05, 3.63) is 71.4 Å². The summed E-state index contributed by atoms with van der Waals surface area (Å²) in [5, 5.41) is 3.65. The Hall–Kier alpha value is -3.25. The van der Waals surface area contributed by atoms with Crippen LogP contribution in [0.3, 0.4) is 0 Å². The summed E-state index contributed by atoms with van der Waals surface area (Å²) in [4.78, 5) is 9.11. The number of anilines is 1. The average molecular weight is 364 g/mol. The lowest BCUT2D eigenvalue weighted by molar-refractivity contribution is 0.449. The highest BCUT2D eigenvalue weighted by Gasteiger charge is 2.27. The molecule has 26 heavy (non-hydrogen) atoms. The van der Waals surface area contributed by atoms with Crippen molar-refractivity contribution in [1.82, 2.24) is 9.55 Å². The van der Waals surface area contributed by atoms with Gasteiger partial charge in [0.05, 0.1) is 16.1 Å². The summed E-state index contributed by atoms with van der Waals surface area (Å²) in [5.41, 5.74) is 8.61. The van der Waals surface area contributed by atoms with Crippen molar-refractivity contribution in [2.75, 3.05) is 5.32 Å². The number of hydrogen-bond donors (Lipinski definition) is 2. The zero-order valence-electron chi connectivity index (χ0n) is 13.6. The second kappa shape index (κ2) is 5.64. The molecule has 0 saturated carbocycles. The molecular weight excluding hydrogens is 350 g/mol. The molecule has 0 unspecified atom stereocenters. The molecule has 128 valence electrons. The molecule has 3 heterocycles. The van der Waals surface area contributed by atoms with Crippen LogP contribution >= 0.6 is 11.6 Å². The third kappa shape index (κ3) is 2.27. The Kier molecular flexibility index (Phi) is 3.26. The van der Waals surface area contributed by atoms with Gasteiger partial charge >= 0.3 is 0 Å². The summed E-state index contributed by atoms with van der Waals surface area (Å²) in [6, 6.07) is 19.2. The minimum absolute atomic E-state index is 0.300. The number of rotatable bonds is 2. The van der Waals surface area contributed by atoms with Gasteiger partial charge in [-0.05, 0) is 36.4 Å². The SMILES string of the molecule is NC1=N[C@@H](c2ccc(-c3ccccc3Cl)o2)n2c(nc3ccccc32)N1. The van der Waals surface area contributed by atoms with E-state index in [0.29, 0.717) is 28.5 Å². The van der Waals surface area contributed by atoms with E-state index in [0.717, 1.165) is 16.6 Å². The Labute approximate surface area is 153 Å². The molecule has 0 amide bonds. The van der Waals surface area contributed by atoms with Crippen LogP contribution in [0.4, 0.5) is 5.95 Å². The standard InChI is InChI=1S/C19H14ClN5O/c20-12-6-2-1-5-11(12)15-9-10-16(26-15)17-23-18(21)24-19-22-13-7-3-4-8-14(13)25(17)19/h1-10,17H,(H3,21,22,23,24)/t17-/m1/s1. The van der Waals surface area contributed by atoms with E-state index in [9.17, 15) is 0 Å². The summed E-state index contributed by atoms with van der Waals surface area (Å²) < 4.78 is 8.06. The summed E-state index contributed by atoms with van der Waals surface area (Å²) >= 11 is 6.29. The number of halogens is 1. The zero-order valence-corrected chi connectivity index (χ0v) is 14.3. The minimum Gasteiger partial charge on any atom is -0.457 e. The van der Waals surface area contributed by atoms with Gasteiger partial charge in [0.15, 0.2) is 12.1 Å². The van der Waals surface area contributed by atoms with E-state index in [2.05, 4.69) is 15.3 Å². The summed E-state index contributed by atoms with van der Waals surface area (Å²) in [7, 11) is 0. The van der Waals surface area contributed by atoms with Crippen LogP contribution < -0.4 is 11.1 Å². The maximum Gasteiger partial charge on any atom is 0.212 e. The lowest BCUT2D eigenvalue weighted by atomic mass is 10.2. The van der Waals surface area contributed by atoms with Crippen LogP contribution in [0.2, 0.25) is 5.02 Å². The maximum absolute atomic E-state index is 6.29. The summed E-state index contributed by atoms with van der Waals surface area (Å²) in [6.45, 7) is 0. The molecular formula is C19H14ClN5O. The maximum atomic E-state index is 6.29. The van der Waals surface area contributed by atoms with Crippen molar-refractivity contribution in [1.29, 1.82) is 0 Å². The first-order valence-corrected chi connectivity index (χ1v) is 8.50. The Morgan fingerprint density at radius 2 is 1.85 bits per heavy atom. The number of imidazole rings is 1. The Balaban J connectivity index is 1.65. The van der Waals surface area contributed by atoms with E-state index in [4.69, 9.17) is 21.8 Å². The second-order valence-corrected chi connectivity index (χ2v) is 6.40. The van der Waals surface area contributed by atoms with Crippen molar-refractivity contribution in [2.45, 2.75) is 6.17 Å². The fraction of sp³-hybridized carbons (Fsp3) is 0.0526. The molecule has 0 radical (unpaired) electrons. The van der Waals surface area contributed by atoms with Gasteiger partial charge in [-0.3, -0.25) is 9.88 Å². The second-order valence-electron chi connectivity index (χ2n) is 5.99. The lowest BCUT2D eigenvalue weighted by Gasteiger charge is -2.21. The van der Waals surface area contributed by atoms with Crippen LogP contribution in [0.25, 0.3) is 22.4 Å². The van der Waals surface area contributed by atoms with Crippen LogP contribution in [-0.4, -0.2) is 15.5 Å². The van der Waals surface area contributed by atoms with E-state index in [1.54, 1.807) is 0 Å². The number of guanidine groups is 1. The highest BCUT2D eigenvalue weighted by Crippen LogP contribution is 2.36. The Bertz CT molecular complexity index is 1160. The first kappa shape index (κ1) is 15.0. The molecule has 6 nitrogen and oxygen atoms in total. The number of nitrogens with two attached hydrogens (primary N) is 1. The fourth-order valence-corrected chi connectivity index (χ4v) is 3.43. The number of aromatic nitrogens is 2. The van der Waals surface area contributed by atoms with E-state index in [-0.39, 0.29) is 0 Å². The van der Waals surface area contributed by atoms with E-state index < -0.39 is 6.17 Å². The van der Waals surface area contributed by atoms with Crippen molar-refractivity contribution < 1.29 is 4.42 Å². The molecule has 0 saturated heterocycles. The molecule has 0 spiro atoms. The number of benzene rings is 2. The molecule has 1 aliphatic rings. The molecule has 0 fully saturated rings. The van der Waals surface area contributed by atoms with Gasteiger partial charge in [-0.25, -0.2) is 9.98 Å². The Morgan fingerprint density at radius 1 is 1.04 bits per heavy atom. The molecule has 2 aromatic heterocycles. The number of para-hydroxylation sites is 2. The molecule has 5 rings (SSSR count). The molecule has 0 bridgehead atoms. The van der Waals surface area contributed by atoms with Gasteiger partial charge in [-0.1, -0.05) is 35.9 Å². The predicted molar refractivity (Wildman–Crippen MR) is 102 cm³/mol. The number of fused-ring (bicyclic) bond motifs is 3. The van der Waals surface area contributed by atoms with Crippen LogP contribution in [0.15, 0.2) is 70.1 Å². The van der Waals surface area contributed by atoms with Crippen molar-refractivity contribution >= 4 is 34.5 Å². The zero-order chi connectivity index (χ0) is 17.7. The third-order valence-corrected chi connectivity index (χ3v) is 4.69. The van der Waals surface area contributed by atoms with Gasteiger partial charge in [-0.15, -0.1) is 0 Å². The summed E-state index contributed by atoms with van der Waals surface area (Å²) in [5.74, 6) is 2.28. The first-order chi connectivity index (χ1) is 12.7. The molecule has 1 atom stereocenters. The van der Waals surface area contributed by atoms with Gasteiger partial charge in [0, 0.05) is 5.56 Å². The van der Waals surface area contributed by atoms with Crippen molar-refractivity contribution in [2.24, 2.45) is 10.7 Å². The van der Waals surface area contributed by atoms with Crippen LogP contribution in [0.1, 0.15) is 11.9 Å². The molecule has 3 N–H and O–H groups in total. The number of furan rings is 1. The number of aliphatic imine (C=N–C) groups is 1. The quantitative estimate of drug-likeness (QED) is 0.558. The molecule has 4 aromatic rings. The van der Waals surface area contributed by atoms with Gasteiger partial charge in [0.25, 0.3) is 0 Å². The normalized spacial score (nSPS) is 16.2. The van der Waals surface area contributed by atoms with Crippen LogP contribution in [-0.2, 0) is 0 Å². The van der Waals surface area contributed by atoms with Gasteiger partial charge in [0.2, 0.25) is 5.95 Å². The van der Waals surface area contributed by atoms with Crippen LogP contribution in [0.5, 0.6) is 0 Å². The fourth-order valence-electron chi connectivity index (χ4n) is 3.20. The van der Waals surface area contributed by atoms with Crippen LogP contribution in [0, 0.1) is 0 Å². The van der Waals surface area contributed by atoms with Crippen molar-refractivity contribution in [3.8, 4) is 11.3 Å². The lowest BCUT2D eigenvalue weighted by Crippen LogP contribution is -2.31. The Morgan fingerprint density at radius 3 is 2.73 bits per heavy atom. The van der Waals surface area contributed by atoms with Crippen molar-refractivity contribution in [3.63, 3.8) is 0 Å². The molecule has 2 aromatic carbocycles. The van der Waals surface area contributed by atoms with E-state index in [1.807, 2.05) is 65.2 Å².